The molecule has 0 spiro atoms. The molecular formula is C10H12FIN2O4S. The van der Waals surface area contributed by atoms with Crippen molar-refractivity contribution < 1.29 is 22.7 Å². The predicted molar refractivity (Wildman–Crippen MR) is 76.5 cm³/mol. The Labute approximate surface area is 123 Å². The molecule has 0 heterocycles. The van der Waals surface area contributed by atoms with Crippen LogP contribution in [0.2, 0.25) is 0 Å². The van der Waals surface area contributed by atoms with Crippen molar-refractivity contribution in [3.8, 4) is 0 Å². The van der Waals surface area contributed by atoms with Gasteiger partial charge < -0.3 is 5.11 Å². The van der Waals surface area contributed by atoms with Crippen molar-refractivity contribution in [1.29, 1.82) is 0 Å². The van der Waals surface area contributed by atoms with E-state index in [0.29, 0.717) is 0 Å². The quantitative estimate of drug-likeness (QED) is 0.707. The van der Waals surface area contributed by atoms with E-state index in [9.17, 15) is 17.6 Å². The average Bonchev–Trinajstić information content (AvgIpc) is 2.31. The molecule has 1 aromatic carbocycles. The topological polar surface area (TPSA) is 86.7 Å². The van der Waals surface area contributed by atoms with Gasteiger partial charge in [0.2, 0.25) is 0 Å². The second-order valence-corrected chi connectivity index (χ2v) is 6.53. The summed E-state index contributed by atoms with van der Waals surface area (Å²) in [5.41, 5.74) is 0.114. The number of carboxylic acid groups (broad SMARTS) is 1. The van der Waals surface area contributed by atoms with Crippen LogP contribution in [0.4, 0.5) is 10.1 Å². The lowest BCUT2D eigenvalue weighted by Crippen LogP contribution is -2.34. The summed E-state index contributed by atoms with van der Waals surface area (Å²) >= 11 is 1.69. The summed E-state index contributed by atoms with van der Waals surface area (Å²) in [4.78, 5) is 10.4. The van der Waals surface area contributed by atoms with Crippen LogP contribution in [0, 0.1) is 9.39 Å². The molecule has 0 aliphatic carbocycles. The maximum Gasteiger partial charge on any atom is 0.304 e. The van der Waals surface area contributed by atoms with Crippen LogP contribution in [0.1, 0.15) is 6.42 Å². The summed E-state index contributed by atoms with van der Waals surface area (Å²) in [5.74, 6) is -1.63. The predicted octanol–water partition coefficient (Wildman–Crippen LogP) is 1.49. The van der Waals surface area contributed by atoms with Gasteiger partial charge in [-0.2, -0.15) is 12.7 Å². The number of nitrogens with one attached hydrogen (secondary N) is 1. The maximum absolute atomic E-state index is 13.3. The molecule has 0 aliphatic heterocycles. The third-order valence-electron chi connectivity index (χ3n) is 2.24. The fraction of sp³-hybridized carbons (Fsp3) is 0.300. The first-order chi connectivity index (χ1) is 8.74. The van der Waals surface area contributed by atoms with Crippen molar-refractivity contribution in [3.63, 3.8) is 0 Å². The minimum atomic E-state index is -3.90. The Hall–Kier alpha value is -0.940. The summed E-state index contributed by atoms with van der Waals surface area (Å²) in [6, 6.07) is 4.02. The number of anilines is 1. The molecule has 0 saturated heterocycles. The van der Waals surface area contributed by atoms with Crippen molar-refractivity contribution in [2.45, 2.75) is 6.42 Å². The summed E-state index contributed by atoms with van der Waals surface area (Å²) in [6.45, 7) is -0.170. The molecule has 6 nitrogen and oxygen atoms in total. The lowest BCUT2D eigenvalue weighted by molar-refractivity contribution is -0.137. The van der Waals surface area contributed by atoms with Gasteiger partial charge in [0, 0.05) is 13.6 Å². The fourth-order valence-corrected chi connectivity index (χ4v) is 2.79. The lowest BCUT2D eigenvalue weighted by atomic mass is 10.3. The van der Waals surface area contributed by atoms with Gasteiger partial charge >= 0.3 is 16.2 Å². The minimum Gasteiger partial charge on any atom is -0.481 e. The molecular weight excluding hydrogens is 390 g/mol. The number of carbonyl (C=O) groups is 1. The lowest BCUT2D eigenvalue weighted by Gasteiger charge is -2.18. The Morgan fingerprint density at radius 3 is 2.74 bits per heavy atom. The molecule has 19 heavy (non-hydrogen) atoms. The monoisotopic (exact) mass is 402 g/mol. The first kappa shape index (κ1) is 16.1. The molecule has 1 rings (SSSR count). The molecule has 0 amide bonds. The molecule has 0 unspecified atom stereocenters. The largest absolute Gasteiger partial charge is 0.481 e. The Morgan fingerprint density at radius 1 is 1.53 bits per heavy atom. The van der Waals surface area contributed by atoms with Gasteiger partial charge in [0.15, 0.2) is 0 Å². The number of nitrogens with zero attached hydrogens (tertiary/aromatic N) is 1. The SMILES string of the molecule is CN(CCC(=O)O)S(=O)(=O)Nc1cccc(F)c1I. The molecule has 0 radical (unpaired) electrons. The highest BCUT2D eigenvalue weighted by Gasteiger charge is 2.20. The number of benzene rings is 1. The highest BCUT2D eigenvalue weighted by atomic mass is 127. The fourth-order valence-electron chi connectivity index (χ4n) is 1.17. The Kier molecular flexibility index (Phi) is 5.50. The Morgan fingerprint density at radius 2 is 2.16 bits per heavy atom. The number of halogens is 2. The van der Waals surface area contributed by atoms with Gasteiger partial charge in [0.1, 0.15) is 5.82 Å². The summed E-state index contributed by atoms with van der Waals surface area (Å²) in [7, 11) is -2.65. The zero-order chi connectivity index (χ0) is 14.6. The summed E-state index contributed by atoms with van der Waals surface area (Å²) in [5, 5.41) is 8.51. The second-order valence-electron chi connectivity index (χ2n) is 3.67. The number of aliphatic carboxylic acids is 1. The van der Waals surface area contributed by atoms with Gasteiger partial charge in [-0.1, -0.05) is 6.07 Å². The molecule has 1 aromatic rings. The molecule has 0 bridgehead atoms. The van der Waals surface area contributed by atoms with E-state index in [1.165, 1.54) is 25.2 Å². The third kappa shape index (κ3) is 4.58. The van der Waals surface area contributed by atoms with Gasteiger partial charge in [-0.3, -0.25) is 9.52 Å². The summed E-state index contributed by atoms with van der Waals surface area (Å²) in [6.07, 6.45) is -0.308. The van der Waals surface area contributed by atoms with Gasteiger partial charge in [0.25, 0.3) is 0 Å². The molecule has 9 heteroatoms. The van der Waals surface area contributed by atoms with Gasteiger partial charge in [0.05, 0.1) is 15.7 Å². The van der Waals surface area contributed by atoms with Gasteiger partial charge in [-0.05, 0) is 34.7 Å². The number of carboxylic acids is 1. The van der Waals surface area contributed by atoms with Crippen LogP contribution in [-0.2, 0) is 15.0 Å². The van der Waals surface area contributed by atoms with Crippen LogP contribution < -0.4 is 4.72 Å². The minimum absolute atomic E-state index is 0.114. The molecule has 0 saturated carbocycles. The van der Waals surface area contributed by atoms with Gasteiger partial charge in [-0.15, -0.1) is 0 Å². The van der Waals surface area contributed by atoms with E-state index in [4.69, 9.17) is 5.11 Å². The van der Waals surface area contributed by atoms with Crippen LogP contribution >= 0.6 is 22.6 Å². The Bertz CT molecular complexity index is 579. The average molecular weight is 402 g/mol. The van der Waals surface area contributed by atoms with Gasteiger partial charge in [-0.25, -0.2) is 4.39 Å². The third-order valence-corrected chi connectivity index (χ3v) is 4.82. The standard InChI is InChI=1S/C10H12FIN2O4S/c1-14(6-5-9(15)16)19(17,18)13-8-4-2-3-7(11)10(8)12/h2-4,13H,5-6H2,1H3,(H,15,16). The van der Waals surface area contributed by atoms with Crippen LogP contribution in [0.15, 0.2) is 18.2 Å². The van der Waals surface area contributed by atoms with Crippen LogP contribution in [0.5, 0.6) is 0 Å². The summed E-state index contributed by atoms with van der Waals surface area (Å²) < 4.78 is 40.2. The van der Waals surface area contributed by atoms with Crippen LogP contribution in [-0.4, -0.2) is 37.4 Å². The second kappa shape index (κ2) is 6.48. The van der Waals surface area contributed by atoms with Crippen molar-refractivity contribution >= 4 is 44.5 Å². The zero-order valence-electron chi connectivity index (χ0n) is 9.93. The normalized spacial score (nSPS) is 11.6. The van der Waals surface area contributed by atoms with E-state index in [1.807, 2.05) is 0 Å². The number of hydrogen-bond acceptors (Lipinski definition) is 3. The maximum atomic E-state index is 13.3. The van der Waals surface area contributed by atoms with Crippen molar-refractivity contribution in [1.82, 2.24) is 4.31 Å². The van der Waals surface area contributed by atoms with E-state index < -0.39 is 22.0 Å². The Balaban J connectivity index is 2.84. The van der Waals surface area contributed by atoms with Crippen molar-refractivity contribution in [2.24, 2.45) is 0 Å². The molecule has 0 aliphatic rings. The number of hydrogen-bond donors (Lipinski definition) is 2. The highest BCUT2D eigenvalue weighted by molar-refractivity contribution is 14.1. The van der Waals surface area contributed by atoms with E-state index in [-0.39, 0.29) is 22.2 Å². The first-order valence-electron chi connectivity index (χ1n) is 5.14. The molecule has 0 atom stereocenters. The highest BCUT2D eigenvalue weighted by Crippen LogP contribution is 2.22. The van der Waals surface area contributed by atoms with Crippen molar-refractivity contribution in [3.05, 3.63) is 27.6 Å². The first-order valence-corrected chi connectivity index (χ1v) is 7.66. The smallest absolute Gasteiger partial charge is 0.304 e. The zero-order valence-corrected chi connectivity index (χ0v) is 12.9. The van der Waals surface area contributed by atoms with Crippen LogP contribution in [0.25, 0.3) is 0 Å². The van der Waals surface area contributed by atoms with Crippen LogP contribution in [0.3, 0.4) is 0 Å². The molecule has 0 aromatic heterocycles. The van der Waals surface area contributed by atoms with Crippen molar-refractivity contribution in [2.75, 3.05) is 18.3 Å². The molecule has 0 fully saturated rings. The van der Waals surface area contributed by atoms with E-state index >= 15 is 0 Å². The molecule has 106 valence electrons. The number of rotatable bonds is 6. The van der Waals surface area contributed by atoms with E-state index in [1.54, 1.807) is 22.6 Å². The van der Waals surface area contributed by atoms with E-state index in [0.717, 1.165) is 4.31 Å². The van der Waals surface area contributed by atoms with E-state index in [2.05, 4.69) is 4.72 Å². The molecule has 2 N–H and O–H groups in total.